The highest BCUT2D eigenvalue weighted by atomic mass is 79.9. The first-order valence-corrected chi connectivity index (χ1v) is 4.84. The maximum Gasteiger partial charge on any atom is 0.126 e. The molecule has 0 aliphatic rings. The molecule has 13 heavy (non-hydrogen) atoms. The maximum absolute atomic E-state index is 13.1. The Bertz CT molecular complexity index is 330. The monoisotopic (exact) mass is 241 g/mol. The Labute approximate surface area is 85.3 Å². The van der Waals surface area contributed by atoms with Gasteiger partial charge in [0.25, 0.3) is 0 Å². The second-order valence-electron chi connectivity index (χ2n) is 2.75. The van der Waals surface area contributed by atoms with Crippen molar-refractivity contribution in [2.75, 3.05) is 0 Å². The predicted octanol–water partition coefficient (Wildman–Crippen LogP) is 3.43. The van der Waals surface area contributed by atoms with Gasteiger partial charge in [0.1, 0.15) is 5.82 Å². The molecule has 0 N–H and O–H groups in total. The second kappa shape index (κ2) is 4.98. The molecule has 0 aliphatic carbocycles. The molecule has 0 aliphatic heterocycles. The van der Waals surface area contributed by atoms with E-state index in [0.717, 1.165) is 4.47 Å². The van der Waals surface area contributed by atoms with Gasteiger partial charge in [-0.1, -0.05) is 15.9 Å². The van der Waals surface area contributed by atoms with E-state index >= 15 is 0 Å². The predicted molar refractivity (Wildman–Crippen MR) is 52.7 cm³/mol. The van der Waals surface area contributed by atoms with Gasteiger partial charge in [0.2, 0.25) is 0 Å². The number of hydrogen-bond donors (Lipinski definition) is 0. The molecule has 68 valence electrons. The lowest BCUT2D eigenvalue weighted by Gasteiger charge is -2.01. The molecule has 0 spiro atoms. The fourth-order valence-corrected chi connectivity index (χ4v) is 1.50. The molecule has 0 amide bonds. The van der Waals surface area contributed by atoms with E-state index in [1.165, 1.54) is 6.07 Å². The van der Waals surface area contributed by atoms with Crippen LogP contribution in [0.15, 0.2) is 22.7 Å². The summed E-state index contributed by atoms with van der Waals surface area (Å²) in [7, 11) is 0. The van der Waals surface area contributed by atoms with Crippen molar-refractivity contribution in [3.63, 3.8) is 0 Å². The van der Waals surface area contributed by atoms with E-state index in [9.17, 15) is 4.39 Å². The molecule has 0 saturated carbocycles. The molecular weight excluding hydrogens is 233 g/mol. The van der Waals surface area contributed by atoms with Gasteiger partial charge >= 0.3 is 0 Å². The van der Waals surface area contributed by atoms with Crippen LogP contribution in [0.1, 0.15) is 18.4 Å². The van der Waals surface area contributed by atoms with Gasteiger partial charge in [-0.25, -0.2) is 4.39 Å². The average molecular weight is 242 g/mol. The molecule has 1 aromatic carbocycles. The third-order valence-electron chi connectivity index (χ3n) is 1.74. The van der Waals surface area contributed by atoms with Crippen LogP contribution in [0.5, 0.6) is 0 Å². The molecule has 1 nitrogen and oxygen atoms in total. The largest absolute Gasteiger partial charge is 0.207 e. The van der Waals surface area contributed by atoms with Gasteiger partial charge in [-0.3, -0.25) is 0 Å². The topological polar surface area (TPSA) is 23.8 Å². The van der Waals surface area contributed by atoms with Crippen LogP contribution in [-0.2, 0) is 6.42 Å². The van der Waals surface area contributed by atoms with Crippen molar-refractivity contribution in [2.24, 2.45) is 0 Å². The summed E-state index contributed by atoms with van der Waals surface area (Å²) in [6.07, 6.45) is 1.81. The van der Waals surface area contributed by atoms with Crippen LogP contribution in [-0.4, -0.2) is 0 Å². The minimum absolute atomic E-state index is 0.193. The maximum atomic E-state index is 13.1. The number of nitrogens with zero attached hydrogens (tertiary/aromatic N) is 1. The Morgan fingerprint density at radius 2 is 2.23 bits per heavy atom. The molecule has 0 saturated heterocycles. The Kier molecular flexibility index (Phi) is 3.91. The van der Waals surface area contributed by atoms with Crippen LogP contribution in [0.2, 0.25) is 0 Å². The number of hydrogen-bond acceptors (Lipinski definition) is 1. The van der Waals surface area contributed by atoms with Crippen LogP contribution in [0.3, 0.4) is 0 Å². The molecule has 3 heteroatoms. The van der Waals surface area contributed by atoms with Crippen molar-refractivity contribution in [1.82, 2.24) is 0 Å². The molecular formula is C10H9BrFN. The van der Waals surface area contributed by atoms with E-state index in [1.807, 2.05) is 6.07 Å². The first-order chi connectivity index (χ1) is 6.24. The molecule has 0 radical (unpaired) electrons. The van der Waals surface area contributed by atoms with Gasteiger partial charge in [0.05, 0.1) is 6.07 Å². The molecule has 0 fully saturated rings. The third-order valence-corrected chi connectivity index (χ3v) is 2.24. The normalized spacial score (nSPS) is 9.62. The minimum Gasteiger partial charge on any atom is -0.207 e. The highest BCUT2D eigenvalue weighted by Crippen LogP contribution is 2.17. The number of benzene rings is 1. The SMILES string of the molecule is N#CCCCc1cc(Br)ccc1F. The third kappa shape index (κ3) is 3.16. The van der Waals surface area contributed by atoms with Crippen molar-refractivity contribution < 1.29 is 4.39 Å². The van der Waals surface area contributed by atoms with Crippen molar-refractivity contribution in [2.45, 2.75) is 19.3 Å². The Morgan fingerprint density at radius 3 is 2.92 bits per heavy atom. The van der Waals surface area contributed by atoms with Crippen LogP contribution >= 0.6 is 15.9 Å². The summed E-state index contributed by atoms with van der Waals surface area (Å²) in [6, 6.07) is 6.90. The molecule has 0 bridgehead atoms. The number of aryl methyl sites for hydroxylation is 1. The number of halogens is 2. The molecule has 1 rings (SSSR count). The van der Waals surface area contributed by atoms with Crippen molar-refractivity contribution in [3.05, 3.63) is 34.1 Å². The summed E-state index contributed by atoms with van der Waals surface area (Å²) < 4.78 is 14.0. The summed E-state index contributed by atoms with van der Waals surface area (Å²) in [5.74, 6) is -0.193. The fraction of sp³-hybridized carbons (Fsp3) is 0.300. The van der Waals surface area contributed by atoms with Crippen molar-refractivity contribution >= 4 is 15.9 Å². The van der Waals surface area contributed by atoms with Crippen molar-refractivity contribution in [3.8, 4) is 6.07 Å². The van der Waals surface area contributed by atoms with Gasteiger partial charge in [-0.05, 0) is 36.6 Å². The highest BCUT2D eigenvalue weighted by Gasteiger charge is 2.01. The van der Waals surface area contributed by atoms with E-state index in [2.05, 4.69) is 15.9 Å². The van der Waals surface area contributed by atoms with E-state index in [0.29, 0.717) is 24.8 Å². The zero-order valence-corrected chi connectivity index (χ0v) is 8.64. The van der Waals surface area contributed by atoms with Gasteiger partial charge in [0, 0.05) is 10.9 Å². The van der Waals surface area contributed by atoms with E-state index < -0.39 is 0 Å². The lowest BCUT2D eigenvalue weighted by molar-refractivity contribution is 0.605. The molecule has 0 heterocycles. The zero-order chi connectivity index (χ0) is 9.68. The van der Waals surface area contributed by atoms with Crippen molar-refractivity contribution in [1.29, 1.82) is 5.26 Å². The van der Waals surface area contributed by atoms with Gasteiger partial charge in [-0.15, -0.1) is 0 Å². The van der Waals surface area contributed by atoms with Crippen LogP contribution in [0, 0.1) is 17.1 Å². The quantitative estimate of drug-likeness (QED) is 0.745. The van der Waals surface area contributed by atoms with Crippen LogP contribution in [0.25, 0.3) is 0 Å². The molecule has 0 unspecified atom stereocenters. The molecule has 1 aromatic rings. The summed E-state index contributed by atoms with van der Waals surface area (Å²) in [5.41, 5.74) is 0.671. The Hall–Kier alpha value is -0.880. The lowest BCUT2D eigenvalue weighted by atomic mass is 10.1. The molecule has 0 atom stereocenters. The Morgan fingerprint density at radius 1 is 1.46 bits per heavy atom. The number of rotatable bonds is 3. The number of unbranched alkanes of at least 4 members (excludes halogenated alkanes) is 1. The standard InChI is InChI=1S/C10H9BrFN/c11-9-4-5-10(12)8(7-9)3-1-2-6-13/h4-5,7H,1-3H2. The summed E-state index contributed by atoms with van der Waals surface area (Å²) >= 11 is 3.27. The van der Waals surface area contributed by atoms with Gasteiger partial charge in [-0.2, -0.15) is 5.26 Å². The number of nitriles is 1. The first kappa shape index (κ1) is 10.2. The van der Waals surface area contributed by atoms with E-state index in [-0.39, 0.29) is 5.82 Å². The average Bonchev–Trinajstić information content (AvgIpc) is 2.11. The van der Waals surface area contributed by atoms with E-state index in [4.69, 9.17) is 5.26 Å². The summed E-state index contributed by atoms with van der Waals surface area (Å²) in [4.78, 5) is 0. The Balaban J connectivity index is 2.65. The smallest absolute Gasteiger partial charge is 0.126 e. The second-order valence-corrected chi connectivity index (χ2v) is 3.66. The van der Waals surface area contributed by atoms with E-state index in [1.54, 1.807) is 12.1 Å². The minimum atomic E-state index is -0.193. The summed E-state index contributed by atoms with van der Waals surface area (Å²) in [6.45, 7) is 0. The fourth-order valence-electron chi connectivity index (χ4n) is 1.09. The van der Waals surface area contributed by atoms with Crippen LogP contribution in [0.4, 0.5) is 4.39 Å². The highest BCUT2D eigenvalue weighted by molar-refractivity contribution is 9.10. The van der Waals surface area contributed by atoms with Crippen LogP contribution < -0.4 is 0 Å². The lowest BCUT2D eigenvalue weighted by Crippen LogP contribution is -1.90. The first-order valence-electron chi connectivity index (χ1n) is 4.05. The zero-order valence-electron chi connectivity index (χ0n) is 7.06. The van der Waals surface area contributed by atoms with Gasteiger partial charge in [0.15, 0.2) is 0 Å². The van der Waals surface area contributed by atoms with Gasteiger partial charge < -0.3 is 0 Å². The molecule has 0 aromatic heterocycles. The summed E-state index contributed by atoms with van der Waals surface area (Å²) in [5, 5.41) is 8.32.